The van der Waals surface area contributed by atoms with Crippen molar-refractivity contribution in [1.29, 1.82) is 0 Å². The largest absolute Gasteiger partial charge is 0.484 e. The van der Waals surface area contributed by atoms with Crippen LogP contribution in [0.5, 0.6) is 5.75 Å². The van der Waals surface area contributed by atoms with E-state index in [1.807, 2.05) is 20.8 Å². The molecule has 2 aromatic rings. The number of anilines is 1. The van der Waals surface area contributed by atoms with E-state index in [9.17, 15) is 27.6 Å². The van der Waals surface area contributed by atoms with Gasteiger partial charge in [0.1, 0.15) is 5.75 Å². The Hall–Kier alpha value is -3.56. The molecule has 1 aliphatic rings. The van der Waals surface area contributed by atoms with Gasteiger partial charge < -0.3 is 19.9 Å². The number of amides is 3. The summed E-state index contributed by atoms with van der Waals surface area (Å²) in [6.07, 6.45) is -4.51. The van der Waals surface area contributed by atoms with Crippen molar-refractivity contribution in [3.05, 3.63) is 59.7 Å². The fourth-order valence-corrected chi connectivity index (χ4v) is 3.58. The van der Waals surface area contributed by atoms with E-state index < -0.39 is 29.7 Å². The number of nitrogens with zero attached hydrogens (tertiary/aromatic N) is 2. The van der Waals surface area contributed by atoms with Gasteiger partial charge in [0, 0.05) is 42.8 Å². The van der Waals surface area contributed by atoms with E-state index in [1.165, 1.54) is 12.1 Å². The van der Waals surface area contributed by atoms with Crippen LogP contribution in [0.3, 0.4) is 0 Å². The van der Waals surface area contributed by atoms with Crippen molar-refractivity contribution < 1.29 is 32.3 Å². The molecule has 35 heavy (non-hydrogen) atoms. The van der Waals surface area contributed by atoms with E-state index in [1.54, 1.807) is 34.1 Å². The van der Waals surface area contributed by atoms with Gasteiger partial charge in [-0.15, -0.1) is 0 Å². The maximum Gasteiger partial charge on any atom is 0.416 e. The van der Waals surface area contributed by atoms with Crippen LogP contribution in [0, 0.1) is 5.41 Å². The molecule has 3 rings (SSSR count). The van der Waals surface area contributed by atoms with Crippen molar-refractivity contribution in [3.8, 4) is 5.75 Å². The van der Waals surface area contributed by atoms with E-state index in [0.717, 1.165) is 12.1 Å². The normalized spacial score (nSPS) is 14.5. The monoisotopic (exact) mass is 491 g/mol. The SMILES string of the molecule is CC(C)(C)C(=O)N1CCN(C(=O)c2ccc(OCC(=O)Nc3cccc(C(F)(F)F)c3)cc2)CC1. The molecule has 1 saturated heterocycles. The molecule has 1 heterocycles. The standard InChI is InChI=1S/C25H28F3N3O4/c1-24(2,3)23(34)31-13-11-30(12-14-31)22(33)17-7-9-20(10-8-17)35-16-21(32)29-19-6-4-5-18(15-19)25(26,27)28/h4-10,15H,11-14,16H2,1-3H3,(H,29,32). The Bertz CT molecular complexity index is 1070. The molecule has 0 atom stereocenters. The molecule has 1 aliphatic heterocycles. The van der Waals surface area contributed by atoms with Gasteiger partial charge in [0.15, 0.2) is 6.61 Å². The molecular weight excluding hydrogens is 463 g/mol. The van der Waals surface area contributed by atoms with Crippen LogP contribution in [0.25, 0.3) is 0 Å². The zero-order valence-corrected chi connectivity index (χ0v) is 19.8. The van der Waals surface area contributed by atoms with Crippen LogP contribution >= 0.6 is 0 Å². The first kappa shape index (κ1) is 26.1. The van der Waals surface area contributed by atoms with Crippen LogP contribution < -0.4 is 10.1 Å². The number of carbonyl (C=O) groups excluding carboxylic acids is 3. The van der Waals surface area contributed by atoms with Crippen molar-refractivity contribution in [3.63, 3.8) is 0 Å². The van der Waals surface area contributed by atoms with E-state index in [2.05, 4.69) is 5.32 Å². The number of piperazine rings is 1. The average molecular weight is 492 g/mol. The second kappa shape index (κ2) is 10.4. The number of halogens is 3. The zero-order chi connectivity index (χ0) is 25.8. The van der Waals surface area contributed by atoms with E-state index in [-0.39, 0.29) is 17.5 Å². The highest BCUT2D eigenvalue weighted by Crippen LogP contribution is 2.30. The van der Waals surface area contributed by atoms with Gasteiger partial charge in [0.25, 0.3) is 11.8 Å². The van der Waals surface area contributed by atoms with Crippen molar-refractivity contribution in [2.24, 2.45) is 5.41 Å². The lowest BCUT2D eigenvalue weighted by atomic mass is 9.94. The highest BCUT2D eigenvalue weighted by molar-refractivity contribution is 5.95. The predicted molar refractivity (Wildman–Crippen MR) is 124 cm³/mol. The van der Waals surface area contributed by atoms with E-state index in [0.29, 0.717) is 37.5 Å². The number of hydrogen-bond acceptors (Lipinski definition) is 4. The second-order valence-electron chi connectivity index (χ2n) is 9.27. The minimum atomic E-state index is -4.51. The minimum absolute atomic E-state index is 0.0127. The lowest BCUT2D eigenvalue weighted by Gasteiger charge is -2.37. The fraction of sp³-hybridized carbons (Fsp3) is 0.400. The number of benzene rings is 2. The topological polar surface area (TPSA) is 79.0 Å². The molecule has 10 heteroatoms. The summed E-state index contributed by atoms with van der Waals surface area (Å²) in [5.41, 5.74) is -0.870. The van der Waals surface area contributed by atoms with Gasteiger partial charge >= 0.3 is 6.18 Å². The Balaban J connectivity index is 1.49. The maximum absolute atomic E-state index is 12.8. The zero-order valence-electron chi connectivity index (χ0n) is 19.8. The molecule has 0 saturated carbocycles. The number of rotatable bonds is 5. The maximum atomic E-state index is 12.8. The molecular formula is C25H28F3N3O4. The quantitative estimate of drug-likeness (QED) is 0.685. The van der Waals surface area contributed by atoms with Crippen LogP contribution in [0.15, 0.2) is 48.5 Å². The summed E-state index contributed by atoms with van der Waals surface area (Å²) in [4.78, 5) is 40.7. The van der Waals surface area contributed by atoms with Crippen LogP contribution in [-0.4, -0.2) is 60.3 Å². The van der Waals surface area contributed by atoms with Crippen molar-refractivity contribution in [2.45, 2.75) is 26.9 Å². The summed E-state index contributed by atoms with van der Waals surface area (Å²) in [6, 6.07) is 10.6. The smallest absolute Gasteiger partial charge is 0.416 e. The molecule has 7 nitrogen and oxygen atoms in total. The molecule has 0 unspecified atom stereocenters. The third-order valence-electron chi connectivity index (χ3n) is 5.44. The lowest BCUT2D eigenvalue weighted by molar-refractivity contribution is -0.141. The summed E-state index contributed by atoms with van der Waals surface area (Å²) in [5, 5.41) is 2.37. The van der Waals surface area contributed by atoms with Crippen molar-refractivity contribution in [1.82, 2.24) is 9.80 Å². The summed E-state index contributed by atoms with van der Waals surface area (Å²) in [7, 11) is 0. The Morgan fingerprint density at radius 2 is 1.51 bits per heavy atom. The summed E-state index contributed by atoms with van der Waals surface area (Å²) >= 11 is 0. The average Bonchev–Trinajstić information content (AvgIpc) is 2.81. The number of hydrogen-bond donors (Lipinski definition) is 1. The number of ether oxygens (including phenoxy) is 1. The molecule has 0 aromatic heterocycles. The summed E-state index contributed by atoms with van der Waals surface area (Å²) < 4.78 is 43.8. The molecule has 0 radical (unpaired) electrons. The summed E-state index contributed by atoms with van der Waals surface area (Å²) in [6.45, 7) is 7.02. The molecule has 0 aliphatic carbocycles. The third-order valence-corrected chi connectivity index (χ3v) is 5.44. The molecule has 0 spiro atoms. The Labute approximate surface area is 201 Å². The molecule has 0 bridgehead atoms. The van der Waals surface area contributed by atoms with Gasteiger partial charge in [0.2, 0.25) is 5.91 Å². The van der Waals surface area contributed by atoms with Crippen LogP contribution in [0.4, 0.5) is 18.9 Å². The molecule has 3 amide bonds. The third kappa shape index (κ3) is 6.97. The van der Waals surface area contributed by atoms with E-state index >= 15 is 0 Å². The van der Waals surface area contributed by atoms with Crippen molar-refractivity contribution in [2.75, 3.05) is 38.1 Å². The van der Waals surface area contributed by atoms with Crippen molar-refractivity contribution >= 4 is 23.4 Å². The Morgan fingerprint density at radius 1 is 0.914 bits per heavy atom. The first-order valence-corrected chi connectivity index (χ1v) is 11.1. The van der Waals surface area contributed by atoms with Gasteiger partial charge in [-0.3, -0.25) is 14.4 Å². The highest BCUT2D eigenvalue weighted by atomic mass is 19.4. The lowest BCUT2D eigenvalue weighted by Crippen LogP contribution is -2.53. The van der Waals surface area contributed by atoms with Gasteiger partial charge in [-0.25, -0.2) is 0 Å². The fourth-order valence-electron chi connectivity index (χ4n) is 3.58. The summed E-state index contributed by atoms with van der Waals surface area (Å²) in [5.74, 6) is -0.390. The minimum Gasteiger partial charge on any atom is -0.484 e. The Kier molecular flexibility index (Phi) is 7.72. The molecule has 1 fully saturated rings. The molecule has 188 valence electrons. The number of nitrogens with one attached hydrogen (secondary N) is 1. The predicted octanol–water partition coefficient (Wildman–Crippen LogP) is 4.05. The number of carbonyl (C=O) groups is 3. The second-order valence-corrected chi connectivity index (χ2v) is 9.27. The Morgan fingerprint density at radius 3 is 2.09 bits per heavy atom. The number of alkyl halides is 3. The van der Waals surface area contributed by atoms with Gasteiger partial charge in [-0.05, 0) is 42.5 Å². The molecule has 1 N–H and O–H groups in total. The van der Waals surface area contributed by atoms with E-state index in [4.69, 9.17) is 4.74 Å². The first-order valence-electron chi connectivity index (χ1n) is 11.1. The highest BCUT2D eigenvalue weighted by Gasteiger charge is 2.31. The van der Waals surface area contributed by atoms with Crippen LogP contribution in [-0.2, 0) is 15.8 Å². The molecule has 2 aromatic carbocycles. The van der Waals surface area contributed by atoms with Crippen LogP contribution in [0.1, 0.15) is 36.7 Å². The van der Waals surface area contributed by atoms with Gasteiger partial charge in [-0.1, -0.05) is 26.8 Å². The van der Waals surface area contributed by atoms with Gasteiger partial charge in [-0.2, -0.15) is 13.2 Å². The first-order chi connectivity index (χ1) is 16.3. The van der Waals surface area contributed by atoms with Crippen LogP contribution in [0.2, 0.25) is 0 Å². The van der Waals surface area contributed by atoms with Gasteiger partial charge in [0.05, 0.1) is 5.56 Å².